The summed E-state index contributed by atoms with van der Waals surface area (Å²) in [5.74, 6) is 1.20. The highest BCUT2D eigenvalue weighted by Gasteiger charge is 2.41. The van der Waals surface area contributed by atoms with Crippen molar-refractivity contribution < 1.29 is 9.21 Å². The van der Waals surface area contributed by atoms with Gasteiger partial charge in [-0.1, -0.05) is 47.0 Å². The molecule has 1 aliphatic heterocycles. The average molecular weight is 551 g/mol. The molecule has 5 rings (SSSR count). The average Bonchev–Trinajstić information content (AvgIpc) is 3.49. The van der Waals surface area contributed by atoms with E-state index in [9.17, 15) is 4.79 Å². The third-order valence-corrected chi connectivity index (χ3v) is 7.13. The zero-order chi connectivity index (χ0) is 25.9. The zero-order valence-electron chi connectivity index (χ0n) is 19.9. The van der Waals surface area contributed by atoms with Gasteiger partial charge in [-0.2, -0.15) is 0 Å². The minimum Gasteiger partial charge on any atom is -0.459 e. The van der Waals surface area contributed by atoms with Crippen molar-refractivity contribution in [1.82, 2.24) is 15.2 Å². The molecule has 9 heteroatoms. The maximum atomic E-state index is 12.7. The Balaban J connectivity index is 1.40. The fourth-order valence-electron chi connectivity index (χ4n) is 4.38. The summed E-state index contributed by atoms with van der Waals surface area (Å²) in [7, 11) is 0. The first-order valence-electron chi connectivity index (χ1n) is 11.8. The van der Waals surface area contributed by atoms with Gasteiger partial charge in [0.2, 0.25) is 5.91 Å². The largest absolute Gasteiger partial charge is 0.459 e. The van der Waals surface area contributed by atoms with Crippen LogP contribution in [0.1, 0.15) is 35.5 Å². The Morgan fingerprint density at radius 3 is 2.65 bits per heavy atom. The van der Waals surface area contributed by atoms with Crippen LogP contribution < -0.4 is 10.6 Å². The highest BCUT2D eigenvalue weighted by molar-refractivity contribution is 7.80. The lowest BCUT2D eigenvalue weighted by Crippen LogP contribution is -2.32. The summed E-state index contributed by atoms with van der Waals surface area (Å²) in [6.07, 6.45) is 1.99. The molecule has 0 aliphatic carbocycles. The summed E-state index contributed by atoms with van der Waals surface area (Å²) in [6.45, 7) is 2.40. The molecule has 0 radical (unpaired) electrons. The molecule has 0 spiro atoms. The van der Waals surface area contributed by atoms with Gasteiger partial charge in [-0.05, 0) is 73.7 Å². The van der Waals surface area contributed by atoms with Crippen LogP contribution in [0.25, 0.3) is 11.3 Å². The number of nitrogens with one attached hydrogen (secondary N) is 2. The lowest BCUT2D eigenvalue weighted by atomic mass is 10.0. The molecule has 4 aromatic rings. The second-order valence-corrected chi connectivity index (χ2v) is 10.0. The van der Waals surface area contributed by atoms with Gasteiger partial charge >= 0.3 is 0 Å². The number of thiocarbonyl (C=S) groups is 1. The Morgan fingerprint density at radius 2 is 1.92 bits per heavy atom. The number of nitrogens with zero attached hydrogens (tertiary/aromatic N) is 2. The molecule has 2 aromatic heterocycles. The van der Waals surface area contributed by atoms with E-state index >= 15 is 0 Å². The third-order valence-electron chi connectivity index (χ3n) is 6.23. The van der Waals surface area contributed by atoms with Crippen molar-refractivity contribution in [2.45, 2.75) is 25.4 Å². The highest BCUT2D eigenvalue weighted by Crippen LogP contribution is 2.41. The molecule has 6 nitrogen and oxygen atoms in total. The SMILES string of the molecule is Cc1ccc(NC(=O)CCN2C(=S)N[C@H](c3ccccn3)[C@H]2c2ccc(-c3ccc(Cl)cc3Cl)o2)cc1. The normalized spacial score (nSPS) is 17.1. The van der Waals surface area contributed by atoms with Crippen LogP contribution in [0.3, 0.4) is 0 Å². The molecule has 2 aromatic carbocycles. The second-order valence-electron chi connectivity index (χ2n) is 8.81. The van der Waals surface area contributed by atoms with Crippen molar-refractivity contribution in [2.24, 2.45) is 0 Å². The first-order chi connectivity index (χ1) is 17.9. The quantitative estimate of drug-likeness (QED) is 0.242. The van der Waals surface area contributed by atoms with Crippen molar-refractivity contribution in [2.75, 3.05) is 11.9 Å². The molecular formula is C28H24Cl2N4O2S. The fraction of sp³-hybridized carbons (Fsp3) is 0.179. The number of halogens is 2. The number of pyridine rings is 1. The number of furan rings is 1. The Morgan fingerprint density at radius 1 is 1.11 bits per heavy atom. The number of aryl methyl sites for hydroxylation is 1. The van der Waals surface area contributed by atoms with Crippen LogP contribution in [0.15, 0.2) is 83.4 Å². The Kier molecular flexibility index (Phi) is 7.46. The Hall–Kier alpha value is -3.39. The first-order valence-corrected chi connectivity index (χ1v) is 13.0. The van der Waals surface area contributed by atoms with Crippen LogP contribution in [0.5, 0.6) is 0 Å². The van der Waals surface area contributed by atoms with Crippen molar-refractivity contribution in [1.29, 1.82) is 0 Å². The van der Waals surface area contributed by atoms with E-state index in [4.69, 9.17) is 39.8 Å². The number of carbonyl (C=O) groups excluding carboxylic acids is 1. The molecule has 1 amide bonds. The monoisotopic (exact) mass is 550 g/mol. The number of hydrogen-bond acceptors (Lipinski definition) is 4. The van der Waals surface area contributed by atoms with Crippen LogP contribution >= 0.6 is 35.4 Å². The van der Waals surface area contributed by atoms with Gasteiger partial charge in [0.25, 0.3) is 0 Å². The summed E-state index contributed by atoms with van der Waals surface area (Å²) < 4.78 is 6.32. The molecule has 0 unspecified atom stereocenters. The topological polar surface area (TPSA) is 70.4 Å². The number of benzene rings is 2. The number of amides is 1. The number of aromatic nitrogens is 1. The minimum absolute atomic E-state index is 0.0974. The molecule has 0 saturated carbocycles. The lowest BCUT2D eigenvalue weighted by molar-refractivity contribution is -0.116. The Labute approximate surface area is 230 Å². The number of hydrogen-bond donors (Lipinski definition) is 2. The maximum absolute atomic E-state index is 12.7. The molecule has 1 fully saturated rings. The van der Waals surface area contributed by atoms with Gasteiger partial charge in [0.1, 0.15) is 17.6 Å². The van der Waals surface area contributed by atoms with E-state index in [1.165, 1.54) is 0 Å². The van der Waals surface area contributed by atoms with Crippen LogP contribution in [-0.4, -0.2) is 27.4 Å². The molecule has 2 atom stereocenters. The summed E-state index contributed by atoms with van der Waals surface area (Å²) in [5.41, 5.74) is 3.46. The summed E-state index contributed by atoms with van der Waals surface area (Å²) >= 11 is 18.2. The Bertz CT molecular complexity index is 1430. The summed E-state index contributed by atoms with van der Waals surface area (Å²) in [6, 6.07) is 22.0. The van der Waals surface area contributed by atoms with Crippen molar-refractivity contribution in [3.8, 4) is 11.3 Å². The fourth-order valence-corrected chi connectivity index (χ4v) is 5.22. The number of carbonyl (C=O) groups is 1. The number of anilines is 1. The van der Waals surface area contributed by atoms with E-state index in [2.05, 4.69) is 15.6 Å². The summed E-state index contributed by atoms with van der Waals surface area (Å²) in [5, 5.41) is 7.91. The van der Waals surface area contributed by atoms with Gasteiger partial charge in [0.15, 0.2) is 5.11 Å². The van der Waals surface area contributed by atoms with Gasteiger partial charge < -0.3 is 20.0 Å². The first kappa shape index (κ1) is 25.3. The minimum atomic E-state index is -0.311. The van der Waals surface area contributed by atoms with E-state index < -0.39 is 0 Å². The third kappa shape index (κ3) is 5.64. The van der Waals surface area contributed by atoms with E-state index in [0.717, 1.165) is 22.5 Å². The molecule has 3 heterocycles. The predicted octanol–water partition coefficient (Wildman–Crippen LogP) is 6.96. The van der Waals surface area contributed by atoms with E-state index in [-0.39, 0.29) is 24.4 Å². The number of rotatable bonds is 7. The van der Waals surface area contributed by atoms with Crippen molar-refractivity contribution >= 4 is 52.1 Å². The molecule has 0 bridgehead atoms. The molecule has 188 valence electrons. The molecule has 1 saturated heterocycles. The molecule has 2 N–H and O–H groups in total. The van der Waals surface area contributed by atoms with Gasteiger partial charge in [-0.3, -0.25) is 9.78 Å². The van der Waals surface area contributed by atoms with Gasteiger partial charge in [-0.25, -0.2) is 0 Å². The summed E-state index contributed by atoms with van der Waals surface area (Å²) in [4.78, 5) is 19.3. The lowest BCUT2D eigenvalue weighted by Gasteiger charge is -2.25. The molecular weight excluding hydrogens is 527 g/mol. The zero-order valence-corrected chi connectivity index (χ0v) is 22.3. The van der Waals surface area contributed by atoms with Crippen LogP contribution in [0.4, 0.5) is 5.69 Å². The maximum Gasteiger partial charge on any atom is 0.226 e. The standard InChI is InChI=1S/C28H24Cl2N4O2S/c1-17-5-8-19(9-6-17)32-25(35)13-15-34-27(26(33-28(34)37)22-4-2-3-14-31-22)24-12-11-23(36-24)20-10-7-18(29)16-21(20)30/h2-12,14,16,26-27H,13,15H2,1H3,(H,32,35)(H,33,37)/t26-,27-/m1/s1. The predicted molar refractivity (Wildman–Crippen MR) is 151 cm³/mol. The van der Waals surface area contributed by atoms with Gasteiger partial charge in [0.05, 0.1) is 16.8 Å². The molecule has 37 heavy (non-hydrogen) atoms. The van der Waals surface area contributed by atoms with Crippen LogP contribution in [0.2, 0.25) is 10.0 Å². The van der Waals surface area contributed by atoms with Crippen molar-refractivity contribution in [3.63, 3.8) is 0 Å². The van der Waals surface area contributed by atoms with Gasteiger partial charge in [-0.15, -0.1) is 0 Å². The van der Waals surface area contributed by atoms with E-state index in [1.54, 1.807) is 18.3 Å². The van der Waals surface area contributed by atoms with E-state index in [0.29, 0.717) is 33.2 Å². The second kappa shape index (κ2) is 10.9. The van der Waals surface area contributed by atoms with Gasteiger partial charge in [0, 0.05) is 35.4 Å². The molecule has 1 aliphatic rings. The van der Waals surface area contributed by atoms with Crippen molar-refractivity contribution in [3.05, 3.63) is 106 Å². The van der Waals surface area contributed by atoms with E-state index in [1.807, 2.05) is 72.5 Å². The highest BCUT2D eigenvalue weighted by atomic mass is 35.5. The van der Waals surface area contributed by atoms with Crippen LogP contribution in [0, 0.1) is 6.92 Å². The smallest absolute Gasteiger partial charge is 0.226 e. The van der Waals surface area contributed by atoms with Crippen LogP contribution in [-0.2, 0) is 4.79 Å².